The molecule has 0 bridgehead atoms. The van der Waals surface area contributed by atoms with Gasteiger partial charge in [0.1, 0.15) is 11.5 Å². The summed E-state index contributed by atoms with van der Waals surface area (Å²) in [5.41, 5.74) is 0.178. The molecule has 0 radical (unpaired) electrons. The smallest absolute Gasteiger partial charge is 0.338 e. The van der Waals surface area contributed by atoms with Crippen LogP contribution in [0.1, 0.15) is 17.3 Å². The van der Waals surface area contributed by atoms with E-state index in [1.54, 1.807) is 19.4 Å². The Balaban J connectivity index is 3.10. The second-order valence-corrected chi connectivity index (χ2v) is 4.04. The predicted octanol–water partition coefficient (Wildman–Crippen LogP) is 2.42. The van der Waals surface area contributed by atoms with Crippen molar-refractivity contribution in [3.8, 4) is 6.19 Å². The number of nitrogens with zero attached hydrogens (tertiary/aromatic N) is 2. The van der Waals surface area contributed by atoms with Crippen molar-refractivity contribution in [3.63, 3.8) is 0 Å². The van der Waals surface area contributed by atoms with Gasteiger partial charge in [-0.25, -0.2) is 14.2 Å². The van der Waals surface area contributed by atoms with Crippen LogP contribution in [0.3, 0.4) is 0 Å². The van der Waals surface area contributed by atoms with Gasteiger partial charge in [-0.3, -0.25) is 5.32 Å². The second-order valence-electron chi connectivity index (χ2n) is 3.24. The minimum absolute atomic E-state index is 0.0300. The van der Waals surface area contributed by atoms with E-state index >= 15 is 0 Å². The molecule has 0 aliphatic carbocycles. The van der Waals surface area contributed by atoms with Crippen LogP contribution < -0.4 is 5.32 Å². The first-order chi connectivity index (χ1) is 9.12. The summed E-state index contributed by atoms with van der Waals surface area (Å²) in [6, 6.07) is 3.74. The summed E-state index contributed by atoms with van der Waals surface area (Å²) in [5, 5.41) is 11.1. The maximum atomic E-state index is 13.6. The fourth-order valence-corrected chi connectivity index (χ4v) is 1.56. The molecule has 0 amide bonds. The van der Waals surface area contributed by atoms with Crippen molar-refractivity contribution in [1.29, 1.82) is 5.26 Å². The average molecular weight is 281 g/mol. The molecule has 19 heavy (non-hydrogen) atoms. The van der Waals surface area contributed by atoms with Crippen LogP contribution in [0.2, 0.25) is 0 Å². The van der Waals surface area contributed by atoms with E-state index in [4.69, 9.17) is 10.00 Å². The normalized spacial score (nSPS) is 10.7. The third kappa shape index (κ3) is 4.26. The fraction of sp³-hybridized carbons (Fsp3) is 0.250. The number of carbonyl (C=O) groups is 1. The van der Waals surface area contributed by atoms with Gasteiger partial charge >= 0.3 is 5.97 Å². The Hall–Kier alpha value is -2.07. The summed E-state index contributed by atoms with van der Waals surface area (Å²) in [6.45, 7) is 1.92. The number of aliphatic imine (C=N–C) groups is 1. The van der Waals surface area contributed by atoms with Gasteiger partial charge in [-0.1, -0.05) is 11.8 Å². The lowest BCUT2D eigenvalue weighted by atomic mass is 10.2. The lowest BCUT2D eigenvalue weighted by Gasteiger charge is -2.04. The molecule has 100 valence electrons. The molecule has 0 saturated heterocycles. The summed E-state index contributed by atoms with van der Waals surface area (Å²) in [5.74, 6) is -1.13. The molecule has 1 aromatic rings. The third-order valence-electron chi connectivity index (χ3n) is 2.04. The number of hydrogen-bond acceptors (Lipinski definition) is 5. The molecule has 1 rings (SSSR count). The van der Waals surface area contributed by atoms with Gasteiger partial charge in [0, 0.05) is 0 Å². The van der Waals surface area contributed by atoms with Crippen molar-refractivity contribution >= 4 is 28.6 Å². The first-order valence-electron chi connectivity index (χ1n) is 5.36. The van der Waals surface area contributed by atoms with Crippen LogP contribution in [-0.4, -0.2) is 24.0 Å². The number of thioether (sulfide) groups is 1. The van der Waals surface area contributed by atoms with Gasteiger partial charge < -0.3 is 4.74 Å². The van der Waals surface area contributed by atoms with Crippen LogP contribution in [0, 0.1) is 17.3 Å². The van der Waals surface area contributed by atoms with Gasteiger partial charge in [0.05, 0.1) is 12.2 Å². The zero-order valence-corrected chi connectivity index (χ0v) is 11.3. The van der Waals surface area contributed by atoms with Crippen LogP contribution >= 0.6 is 11.8 Å². The van der Waals surface area contributed by atoms with E-state index in [-0.39, 0.29) is 23.0 Å². The molecule has 0 aromatic heterocycles. The van der Waals surface area contributed by atoms with E-state index < -0.39 is 11.8 Å². The van der Waals surface area contributed by atoms with Crippen LogP contribution in [-0.2, 0) is 4.74 Å². The van der Waals surface area contributed by atoms with Crippen molar-refractivity contribution in [1.82, 2.24) is 5.32 Å². The third-order valence-corrected chi connectivity index (χ3v) is 2.62. The van der Waals surface area contributed by atoms with Crippen LogP contribution in [0.5, 0.6) is 0 Å². The Morgan fingerprint density at radius 2 is 2.37 bits per heavy atom. The summed E-state index contributed by atoms with van der Waals surface area (Å²) < 4.78 is 18.4. The minimum atomic E-state index is -0.584. The van der Waals surface area contributed by atoms with Crippen LogP contribution in [0.4, 0.5) is 10.1 Å². The number of ether oxygens (including phenoxy) is 1. The highest BCUT2D eigenvalue weighted by Gasteiger charge is 2.10. The molecule has 0 aliphatic rings. The largest absolute Gasteiger partial charge is 0.462 e. The molecule has 0 saturated carbocycles. The molecule has 0 atom stereocenters. The Kier molecular flexibility index (Phi) is 5.82. The maximum Gasteiger partial charge on any atom is 0.338 e. The van der Waals surface area contributed by atoms with Gasteiger partial charge in [-0.2, -0.15) is 5.26 Å². The number of amidine groups is 1. The average Bonchev–Trinajstić information content (AvgIpc) is 2.40. The highest BCUT2D eigenvalue weighted by atomic mass is 32.2. The van der Waals surface area contributed by atoms with Gasteiger partial charge in [0.15, 0.2) is 11.4 Å². The summed E-state index contributed by atoms with van der Waals surface area (Å²) in [7, 11) is 0. The number of halogens is 1. The number of hydrogen-bond donors (Lipinski definition) is 1. The number of benzene rings is 1. The number of carbonyl (C=O) groups excluding carboxylic acids is 1. The van der Waals surface area contributed by atoms with Crippen molar-refractivity contribution in [3.05, 3.63) is 29.6 Å². The van der Waals surface area contributed by atoms with Gasteiger partial charge in [-0.05, 0) is 31.4 Å². The monoisotopic (exact) mass is 281 g/mol. The van der Waals surface area contributed by atoms with Gasteiger partial charge in [0.25, 0.3) is 0 Å². The van der Waals surface area contributed by atoms with Crippen molar-refractivity contribution < 1.29 is 13.9 Å². The number of esters is 1. The van der Waals surface area contributed by atoms with Crippen molar-refractivity contribution in [2.24, 2.45) is 4.99 Å². The standard InChI is InChI=1S/C12H12FN3O2S/c1-3-18-11(17)8-4-5-9(13)10(6-8)16-12(19-2)15-7-14/h4-6H,3H2,1-2H3,(H,15,16). The van der Waals surface area contributed by atoms with E-state index in [1.807, 2.05) is 0 Å². The van der Waals surface area contributed by atoms with Gasteiger partial charge in [0.2, 0.25) is 0 Å². The zero-order valence-electron chi connectivity index (χ0n) is 10.4. The lowest BCUT2D eigenvalue weighted by molar-refractivity contribution is 0.0526. The molecule has 0 fully saturated rings. The maximum absolute atomic E-state index is 13.6. The zero-order chi connectivity index (χ0) is 14.3. The molecule has 0 spiro atoms. The Morgan fingerprint density at radius 1 is 1.63 bits per heavy atom. The molecular weight excluding hydrogens is 269 g/mol. The molecule has 1 aromatic carbocycles. The van der Waals surface area contributed by atoms with Crippen molar-refractivity contribution in [2.75, 3.05) is 12.9 Å². The fourth-order valence-electron chi connectivity index (χ4n) is 1.22. The minimum Gasteiger partial charge on any atom is -0.462 e. The summed E-state index contributed by atoms with van der Waals surface area (Å²) in [6.07, 6.45) is 3.39. The molecule has 7 heteroatoms. The molecule has 0 unspecified atom stereocenters. The molecule has 5 nitrogen and oxygen atoms in total. The topological polar surface area (TPSA) is 74.5 Å². The summed E-state index contributed by atoms with van der Waals surface area (Å²) in [4.78, 5) is 15.5. The van der Waals surface area contributed by atoms with Crippen LogP contribution in [0.15, 0.2) is 23.2 Å². The van der Waals surface area contributed by atoms with E-state index in [0.717, 1.165) is 17.8 Å². The summed E-state index contributed by atoms with van der Waals surface area (Å²) >= 11 is 1.16. The number of nitrogens with one attached hydrogen (secondary N) is 1. The lowest BCUT2D eigenvalue weighted by Crippen LogP contribution is -2.12. The van der Waals surface area contributed by atoms with Gasteiger partial charge in [-0.15, -0.1) is 0 Å². The second kappa shape index (κ2) is 7.38. The van der Waals surface area contributed by atoms with E-state index in [1.165, 1.54) is 12.1 Å². The molecule has 0 aliphatic heterocycles. The highest BCUT2D eigenvalue weighted by molar-refractivity contribution is 8.13. The molecular formula is C12H12FN3O2S. The number of nitriles is 1. The Labute approximate surface area is 114 Å². The van der Waals surface area contributed by atoms with E-state index in [2.05, 4.69) is 10.3 Å². The first-order valence-corrected chi connectivity index (χ1v) is 6.59. The quantitative estimate of drug-likeness (QED) is 0.303. The molecule has 1 N–H and O–H groups in total. The highest BCUT2D eigenvalue weighted by Crippen LogP contribution is 2.21. The van der Waals surface area contributed by atoms with Crippen LogP contribution in [0.25, 0.3) is 0 Å². The van der Waals surface area contributed by atoms with E-state index in [0.29, 0.717) is 0 Å². The predicted molar refractivity (Wildman–Crippen MR) is 71.7 cm³/mol. The number of rotatable bonds is 3. The van der Waals surface area contributed by atoms with Crippen molar-refractivity contribution in [2.45, 2.75) is 6.92 Å². The molecule has 0 heterocycles. The SMILES string of the molecule is CCOC(=O)c1ccc(F)c(N=C(NC#N)SC)c1. The first kappa shape index (κ1) is 15.0. The van der Waals surface area contributed by atoms with E-state index in [9.17, 15) is 9.18 Å². The Morgan fingerprint density at radius 3 is 2.95 bits per heavy atom. The Bertz CT molecular complexity index is 540.